The molecule has 0 saturated heterocycles. The lowest BCUT2D eigenvalue weighted by Gasteiger charge is -2.08. The number of carbonyl (C=O) groups is 1. The van der Waals surface area contributed by atoms with Crippen LogP contribution in [0.5, 0.6) is 0 Å². The predicted octanol–water partition coefficient (Wildman–Crippen LogP) is 2.33. The first-order valence-corrected chi connectivity index (χ1v) is 5.60. The van der Waals surface area contributed by atoms with Gasteiger partial charge in [0.25, 0.3) is 0 Å². The molecule has 0 radical (unpaired) electrons. The van der Waals surface area contributed by atoms with Crippen molar-refractivity contribution in [1.82, 2.24) is 4.98 Å². The van der Waals surface area contributed by atoms with Crippen LogP contribution in [-0.2, 0) is 11.3 Å². The maximum absolute atomic E-state index is 11.9. The molecule has 92 valence electrons. The van der Waals surface area contributed by atoms with Gasteiger partial charge < -0.3 is 10.5 Å². The van der Waals surface area contributed by atoms with E-state index < -0.39 is 0 Å². The summed E-state index contributed by atoms with van der Waals surface area (Å²) >= 11 is 0. The lowest BCUT2D eigenvalue weighted by Crippen LogP contribution is -2.08. The summed E-state index contributed by atoms with van der Waals surface area (Å²) in [7, 11) is 0. The summed E-state index contributed by atoms with van der Waals surface area (Å²) in [6, 6.07) is 10.7. The van der Waals surface area contributed by atoms with Crippen LogP contribution in [-0.4, -0.2) is 11.0 Å². The number of benzene rings is 1. The largest absolute Gasteiger partial charge is 0.456 e. The lowest BCUT2D eigenvalue weighted by atomic mass is 10.1. The van der Waals surface area contributed by atoms with Crippen molar-refractivity contribution in [2.24, 2.45) is 0 Å². The molecule has 0 spiro atoms. The molecular formula is C14H14N2O2. The number of nitrogens with zero attached hydrogens (tertiary/aromatic N) is 1. The average Bonchev–Trinajstić information content (AvgIpc) is 2.40. The van der Waals surface area contributed by atoms with Crippen LogP contribution in [0.15, 0.2) is 42.6 Å². The van der Waals surface area contributed by atoms with E-state index in [1.165, 1.54) is 0 Å². The van der Waals surface area contributed by atoms with Crippen LogP contribution in [0.2, 0.25) is 0 Å². The molecule has 0 amide bonds. The Balaban J connectivity index is 2.07. The van der Waals surface area contributed by atoms with Gasteiger partial charge in [-0.2, -0.15) is 0 Å². The Kier molecular flexibility index (Phi) is 3.57. The van der Waals surface area contributed by atoms with Gasteiger partial charge in [-0.05, 0) is 36.8 Å². The molecule has 2 rings (SSSR count). The average molecular weight is 242 g/mol. The van der Waals surface area contributed by atoms with Crippen LogP contribution in [0.3, 0.4) is 0 Å². The van der Waals surface area contributed by atoms with Gasteiger partial charge >= 0.3 is 5.97 Å². The minimum atomic E-state index is -0.384. The van der Waals surface area contributed by atoms with E-state index in [0.717, 1.165) is 5.56 Å². The van der Waals surface area contributed by atoms with Crippen molar-refractivity contribution in [2.75, 3.05) is 5.73 Å². The summed E-state index contributed by atoms with van der Waals surface area (Å²) < 4.78 is 5.19. The minimum Gasteiger partial charge on any atom is -0.456 e. The number of rotatable bonds is 3. The van der Waals surface area contributed by atoms with E-state index in [-0.39, 0.29) is 12.6 Å². The first-order chi connectivity index (χ1) is 8.68. The highest BCUT2D eigenvalue weighted by Gasteiger charge is 2.12. The maximum Gasteiger partial charge on any atom is 0.338 e. The summed E-state index contributed by atoms with van der Waals surface area (Å²) in [6.07, 6.45) is 1.66. The molecule has 0 unspecified atom stereocenters. The quantitative estimate of drug-likeness (QED) is 0.662. The molecule has 2 aromatic rings. The van der Waals surface area contributed by atoms with E-state index in [1.807, 2.05) is 12.1 Å². The standard InChI is InChI=1S/C14H14N2O2/c1-10-12(6-4-7-13(10)15)14(17)18-9-11-5-2-3-8-16-11/h2-8H,9,15H2,1H3. The third-order valence-electron chi connectivity index (χ3n) is 2.67. The summed E-state index contributed by atoms with van der Waals surface area (Å²) in [5.41, 5.74) is 8.28. The van der Waals surface area contributed by atoms with Gasteiger partial charge in [0.05, 0.1) is 11.3 Å². The van der Waals surface area contributed by atoms with Gasteiger partial charge in [-0.3, -0.25) is 4.98 Å². The highest BCUT2D eigenvalue weighted by Crippen LogP contribution is 2.16. The summed E-state index contributed by atoms with van der Waals surface area (Å²) in [6.45, 7) is 1.96. The zero-order chi connectivity index (χ0) is 13.0. The van der Waals surface area contributed by atoms with Crippen molar-refractivity contribution in [2.45, 2.75) is 13.5 Å². The van der Waals surface area contributed by atoms with Crippen LogP contribution in [0, 0.1) is 6.92 Å². The van der Waals surface area contributed by atoms with Crippen LogP contribution in [0.1, 0.15) is 21.6 Å². The normalized spacial score (nSPS) is 10.1. The van der Waals surface area contributed by atoms with E-state index >= 15 is 0 Å². The second kappa shape index (κ2) is 5.31. The molecule has 0 aliphatic heterocycles. The molecule has 4 nitrogen and oxygen atoms in total. The molecule has 0 aliphatic carbocycles. The summed E-state index contributed by atoms with van der Waals surface area (Å²) in [4.78, 5) is 16.0. The van der Waals surface area contributed by atoms with Crippen molar-refractivity contribution < 1.29 is 9.53 Å². The SMILES string of the molecule is Cc1c(N)cccc1C(=O)OCc1ccccn1. The fourth-order valence-corrected chi connectivity index (χ4v) is 1.58. The molecule has 1 aromatic heterocycles. The highest BCUT2D eigenvalue weighted by atomic mass is 16.5. The molecule has 1 heterocycles. The van der Waals surface area contributed by atoms with Gasteiger partial charge in [-0.1, -0.05) is 12.1 Å². The van der Waals surface area contributed by atoms with E-state index in [2.05, 4.69) is 4.98 Å². The number of hydrogen-bond donors (Lipinski definition) is 1. The monoisotopic (exact) mass is 242 g/mol. The van der Waals surface area contributed by atoms with Crippen LogP contribution in [0.4, 0.5) is 5.69 Å². The number of esters is 1. The number of nitrogen functional groups attached to an aromatic ring is 1. The maximum atomic E-state index is 11.9. The zero-order valence-electron chi connectivity index (χ0n) is 10.1. The van der Waals surface area contributed by atoms with Crippen molar-refractivity contribution in [3.63, 3.8) is 0 Å². The zero-order valence-corrected chi connectivity index (χ0v) is 10.1. The van der Waals surface area contributed by atoms with E-state index in [1.54, 1.807) is 37.4 Å². The number of carbonyl (C=O) groups excluding carboxylic acids is 1. The number of hydrogen-bond acceptors (Lipinski definition) is 4. The molecule has 0 fully saturated rings. The van der Waals surface area contributed by atoms with Crippen molar-refractivity contribution in [3.8, 4) is 0 Å². The smallest absolute Gasteiger partial charge is 0.338 e. The van der Waals surface area contributed by atoms with Crippen LogP contribution in [0.25, 0.3) is 0 Å². The third-order valence-corrected chi connectivity index (χ3v) is 2.67. The number of anilines is 1. The minimum absolute atomic E-state index is 0.161. The number of pyridine rings is 1. The molecule has 0 aliphatic rings. The number of nitrogens with two attached hydrogens (primary N) is 1. The first kappa shape index (κ1) is 12.1. The Morgan fingerprint density at radius 1 is 1.28 bits per heavy atom. The molecule has 0 atom stereocenters. The van der Waals surface area contributed by atoms with Crippen LogP contribution < -0.4 is 5.73 Å². The van der Waals surface area contributed by atoms with Gasteiger partial charge in [0.2, 0.25) is 0 Å². The second-order valence-electron chi connectivity index (χ2n) is 3.92. The van der Waals surface area contributed by atoms with Gasteiger partial charge in [0.1, 0.15) is 6.61 Å². The Bertz CT molecular complexity index is 553. The lowest BCUT2D eigenvalue weighted by molar-refractivity contribution is 0.0467. The molecule has 18 heavy (non-hydrogen) atoms. The molecular weight excluding hydrogens is 228 g/mol. The summed E-state index contributed by atoms with van der Waals surface area (Å²) in [5.74, 6) is -0.384. The second-order valence-corrected chi connectivity index (χ2v) is 3.92. The number of aromatic nitrogens is 1. The van der Waals surface area contributed by atoms with Crippen molar-refractivity contribution in [3.05, 3.63) is 59.4 Å². The summed E-state index contributed by atoms with van der Waals surface area (Å²) in [5, 5.41) is 0. The molecule has 0 bridgehead atoms. The Hall–Kier alpha value is -2.36. The predicted molar refractivity (Wildman–Crippen MR) is 68.9 cm³/mol. The molecule has 0 saturated carbocycles. The van der Waals surface area contributed by atoms with Gasteiger partial charge in [0.15, 0.2) is 0 Å². The van der Waals surface area contributed by atoms with E-state index in [0.29, 0.717) is 16.9 Å². The van der Waals surface area contributed by atoms with E-state index in [4.69, 9.17) is 10.5 Å². The van der Waals surface area contributed by atoms with Crippen LogP contribution >= 0.6 is 0 Å². The van der Waals surface area contributed by atoms with Gasteiger partial charge in [0, 0.05) is 11.9 Å². The van der Waals surface area contributed by atoms with Crippen molar-refractivity contribution >= 4 is 11.7 Å². The molecule has 1 aromatic carbocycles. The van der Waals surface area contributed by atoms with Crippen molar-refractivity contribution in [1.29, 1.82) is 0 Å². The first-order valence-electron chi connectivity index (χ1n) is 5.60. The topological polar surface area (TPSA) is 65.2 Å². The molecule has 4 heteroatoms. The fourth-order valence-electron chi connectivity index (χ4n) is 1.58. The Morgan fingerprint density at radius 2 is 2.11 bits per heavy atom. The van der Waals surface area contributed by atoms with Gasteiger partial charge in [-0.15, -0.1) is 0 Å². The Morgan fingerprint density at radius 3 is 2.83 bits per heavy atom. The highest BCUT2D eigenvalue weighted by molar-refractivity contribution is 5.92. The molecule has 2 N–H and O–H groups in total. The van der Waals surface area contributed by atoms with E-state index in [9.17, 15) is 4.79 Å². The van der Waals surface area contributed by atoms with Gasteiger partial charge in [-0.25, -0.2) is 4.79 Å². The fraction of sp³-hybridized carbons (Fsp3) is 0.143. The Labute approximate surface area is 105 Å². The third kappa shape index (κ3) is 2.66. The number of ether oxygens (including phenoxy) is 1.